The van der Waals surface area contributed by atoms with Gasteiger partial charge in [-0.25, -0.2) is 9.59 Å². The third-order valence-corrected chi connectivity index (χ3v) is 3.65. The third kappa shape index (κ3) is 15.6. The van der Waals surface area contributed by atoms with Crippen molar-refractivity contribution in [2.75, 3.05) is 68.6 Å². The van der Waals surface area contributed by atoms with Crippen molar-refractivity contribution in [3.8, 4) is 0 Å². The Morgan fingerprint density at radius 1 is 0.793 bits per heavy atom. The summed E-state index contributed by atoms with van der Waals surface area (Å²) >= 11 is 0. The highest BCUT2D eigenvalue weighted by Crippen LogP contribution is 2.10. The molecule has 0 spiro atoms. The van der Waals surface area contributed by atoms with Crippen molar-refractivity contribution in [2.45, 2.75) is 6.17 Å². The Labute approximate surface area is 208 Å². The van der Waals surface area contributed by atoms with Crippen LogP contribution in [0.1, 0.15) is 11.7 Å². The van der Waals surface area contributed by atoms with E-state index in [0.29, 0.717) is 22.1 Å². The number of amides is 2. The van der Waals surface area contributed by atoms with Gasteiger partial charge in [0, 0.05) is 0 Å². The Bertz CT molecular complexity index is 570. The number of nitrogens with zero attached hydrogens (tertiary/aromatic N) is 2. The van der Waals surface area contributed by atoms with Gasteiger partial charge in [-0.15, -0.1) is 0 Å². The molecule has 1 rings (SSSR count). The molecule has 0 heterocycles. The zero-order valence-corrected chi connectivity index (χ0v) is 22.4. The fraction of sp³-hybridized carbons (Fsp3) is 0.579. The van der Waals surface area contributed by atoms with Gasteiger partial charge in [-0.1, -0.05) is 30.3 Å². The summed E-state index contributed by atoms with van der Waals surface area (Å²) in [5.74, 6) is 0. The lowest BCUT2D eigenvalue weighted by Crippen LogP contribution is -3.00. The van der Waals surface area contributed by atoms with Gasteiger partial charge < -0.3 is 66.4 Å². The number of hydrogen-bond acceptors (Lipinski definition) is 4. The Kier molecular flexibility index (Phi) is 14.9. The molecule has 2 amide bonds. The summed E-state index contributed by atoms with van der Waals surface area (Å²) in [5, 5.41) is 5.35. The quantitative estimate of drug-likeness (QED) is 0.163. The molecule has 0 aromatic heterocycles. The number of nitrogens with one attached hydrogen (secondary N) is 2. The largest absolute Gasteiger partial charge is 1.00 e. The molecule has 0 aliphatic rings. The molecule has 1 aromatic carbocycles. The van der Waals surface area contributed by atoms with Gasteiger partial charge in [0.1, 0.15) is 32.5 Å². The third-order valence-electron chi connectivity index (χ3n) is 3.65. The number of carbonyl (C=O) groups is 2. The van der Waals surface area contributed by atoms with E-state index >= 15 is 0 Å². The van der Waals surface area contributed by atoms with Crippen molar-refractivity contribution in [1.29, 1.82) is 0 Å². The molecule has 0 aliphatic carbocycles. The highest BCUT2D eigenvalue weighted by atomic mass is 127. The second-order valence-electron chi connectivity index (χ2n) is 8.43. The van der Waals surface area contributed by atoms with Crippen molar-refractivity contribution in [3.63, 3.8) is 0 Å². The van der Waals surface area contributed by atoms with Crippen molar-refractivity contribution in [2.24, 2.45) is 0 Å². The van der Waals surface area contributed by atoms with E-state index in [1.165, 1.54) is 0 Å². The van der Waals surface area contributed by atoms with E-state index in [9.17, 15) is 9.59 Å². The van der Waals surface area contributed by atoms with E-state index in [1.54, 1.807) is 0 Å². The van der Waals surface area contributed by atoms with Crippen LogP contribution in [0.2, 0.25) is 0 Å². The smallest absolute Gasteiger partial charge is 0.409 e. The molecule has 1 aromatic rings. The highest BCUT2D eigenvalue weighted by molar-refractivity contribution is 5.71. The molecule has 0 unspecified atom stereocenters. The van der Waals surface area contributed by atoms with Gasteiger partial charge in [0.25, 0.3) is 0 Å². The number of halogens is 2. The van der Waals surface area contributed by atoms with E-state index < -0.39 is 18.4 Å². The van der Waals surface area contributed by atoms with Crippen molar-refractivity contribution in [3.05, 3.63) is 35.9 Å². The lowest BCUT2D eigenvalue weighted by molar-refractivity contribution is -0.870. The van der Waals surface area contributed by atoms with Crippen LogP contribution in [0, 0.1) is 0 Å². The minimum Gasteiger partial charge on any atom is -1.00 e. The number of alkyl carbamates (subject to hydrolysis) is 2. The number of carbonyl (C=O) groups excluding carboxylic acids is 2. The second kappa shape index (κ2) is 14.2. The summed E-state index contributed by atoms with van der Waals surface area (Å²) in [6.07, 6.45) is -1.92. The van der Waals surface area contributed by atoms with Gasteiger partial charge in [-0.3, -0.25) is 10.6 Å². The average molecular weight is 636 g/mol. The van der Waals surface area contributed by atoms with Crippen molar-refractivity contribution < 1.29 is 76.0 Å². The molecule has 0 radical (unpaired) electrons. The van der Waals surface area contributed by atoms with Gasteiger partial charge in [-0.2, -0.15) is 0 Å². The summed E-state index contributed by atoms with van der Waals surface area (Å²) in [6, 6.07) is 9.14. The number of benzene rings is 1. The predicted octanol–water partition coefficient (Wildman–Crippen LogP) is -4.44. The van der Waals surface area contributed by atoms with Crippen molar-refractivity contribution >= 4 is 12.2 Å². The molecule has 0 aliphatic heterocycles. The van der Waals surface area contributed by atoms with E-state index in [0.717, 1.165) is 5.56 Å². The molecule has 0 saturated heterocycles. The first-order valence-corrected chi connectivity index (χ1v) is 8.99. The van der Waals surface area contributed by atoms with Gasteiger partial charge in [0.15, 0.2) is 0 Å². The zero-order valence-electron chi connectivity index (χ0n) is 18.1. The first-order valence-electron chi connectivity index (χ1n) is 8.99. The predicted molar refractivity (Wildman–Crippen MR) is 104 cm³/mol. The van der Waals surface area contributed by atoms with E-state index in [1.807, 2.05) is 72.6 Å². The minimum absolute atomic E-state index is 0. The van der Waals surface area contributed by atoms with Gasteiger partial charge in [-0.05, 0) is 5.56 Å². The number of ether oxygens (including phenoxy) is 2. The number of hydrogen-bond donors (Lipinski definition) is 2. The van der Waals surface area contributed by atoms with Crippen molar-refractivity contribution in [1.82, 2.24) is 10.6 Å². The van der Waals surface area contributed by atoms with Gasteiger partial charge in [0.05, 0.1) is 42.3 Å². The Balaban J connectivity index is 0. The van der Waals surface area contributed by atoms with Crippen LogP contribution in [-0.4, -0.2) is 89.7 Å². The molecule has 29 heavy (non-hydrogen) atoms. The zero-order chi connectivity index (χ0) is 20.5. The first kappa shape index (κ1) is 30.3. The Hall–Kier alpha value is -0.860. The molecule has 8 nitrogen and oxygen atoms in total. The lowest BCUT2D eigenvalue weighted by Gasteiger charge is -2.25. The maximum atomic E-state index is 12.1. The summed E-state index contributed by atoms with van der Waals surface area (Å²) in [6.45, 7) is 1.93. The van der Waals surface area contributed by atoms with Crippen LogP contribution in [-0.2, 0) is 9.47 Å². The topological polar surface area (TPSA) is 76.7 Å². The molecule has 0 atom stereocenters. The van der Waals surface area contributed by atoms with Crippen LogP contribution < -0.4 is 58.6 Å². The summed E-state index contributed by atoms with van der Waals surface area (Å²) in [5.41, 5.74) is 0.726. The molecule has 0 fully saturated rings. The SMILES string of the molecule is C[N+](C)(C)CCOC(=O)NC(NC(=O)OCC[N+](C)(C)C)c1ccccc1.[I-].[I-]. The molecule has 10 heteroatoms. The normalized spacial score (nSPS) is 11.0. The van der Waals surface area contributed by atoms with Crippen LogP contribution in [0.4, 0.5) is 9.59 Å². The van der Waals surface area contributed by atoms with Crippen LogP contribution >= 0.6 is 0 Å². The summed E-state index contributed by atoms with van der Waals surface area (Å²) < 4.78 is 11.8. The second-order valence-corrected chi connectivity index (χ2v) is 8.43. The first-order chi connectivity index (χ1) is 12.5. The Morgan fingerprint density at radius 3 is 1.52 bits per heavy atom. The number of rotatable bonds is 9. The lowest BCUT2D eigenvalue weighted by atomic mass is 10.2. The average Bonchev–Trinajstić information content (AvgIpc) is 2.52. The maximum absolute atomic E-state index is 12.1. The highest BCUT2D eigenvalue weighted by Gasteiger charge is 2.19. The van der Waals surface area contributed by atoms with Gasteiger partial charge in [0.2, 0.25) is 0 Å². The minimum atomic E-state index is -0.737. The number of quaternary nitrogens is 2. The molecular formula is C19H34I2N4O4. The van der Waals surface area contributed by atoms with Gasteiger partial charge >= 0.3 is 12.2 Å². The van der Waals surface area contributed by atoms with Crippen LogP contribution in [0.15, 0.2) is 30.3 Å². The number of likely N-dealkylation sites (N-methyl/N-ethyl adjacent to an activating group) is 2. The van der Waals surface area contributed by atoms with Crippen LogP contribution in [0.3, 0.4) is 0 Å². The van der Waals surface area contributed by atoms with Crippen LogP contribution in [0.5, 0.6) is 0 Å². The monoisotopic (exact) mass is 636 g/mol. The van der Waals surface area contributed by atoms with E-state index in [-0.39, 0.29) is 61.2 Å². The summed E-state index contributed by atoms with van der Waals surface area (Å²) in [4.78, 5) is 24.2. The fourth-order valence-electron chi connectivity index (χ4n) is 1.99. The van der Waals surface area contributed by atoms with E-state index in [2.05, 4.69) is 10.6 Å². The summed E-state index contributed by atoms with van der Waals surface area (Å²) in [7, 11) is 12.1. The fourth-order valence-corrected chi connectivity index (χ4v) is 1.99. The maximum Gasteiger partial charge on any atom is 0.409 e. The van der Waals surface area contributed by atoms with E-state index in [4.69, 9.17) is 9.47 Å². The Morgan fingerprint density at radius 2 is 1.17 bits per heavy atom. The standard InChI is InChI=1S/C19H32N4O4.2HI/c1-22(2,3)12-14-26-18(24)20-17(16-10-8-7-9-11-16)21-19(25)27-15-13-23(4,5)6;;/h7-11,17H,12-15H2,1-6H3;2*1H. The molecule has 0 bridgehead atoms. The van der Waals surface area contributed by atoms with Crippen LogP contribution in [0.25, 0.3) is 0 Å². The molecule has 168 valence electrons. The molecular weight excluding hydrogens is 602 g/mol. The molecule has 0 saturated carbocycles. The molecule has 2 N–H and O–H groups in total.